The second-order valence-electron chi connectivity index (χ2n) is 7.72. The number of nitrogens with one attached hydrogen (secondary N) is 1. The number of fused-ring (bicyclic) bond motifs is 2. The van der Waals surface area contributed by atoms with Crippen LogP contribution in [-0.4, -0.2) is 52.7 Å². The summed E-state index contributed by atoms with van der Waals surface area (Å²) in [6, 6.07) is 3.03. The number of likely N-dealkylation sites (N-methyl/N-ethyl adjacent to an activating group) is 1. The van der Waals surface area contributed by atoms with Crippen molar-refractivity contribution in [2.45, 2.75) is 45.7 Å². The van der Waals surface area contributed by atoms with Gasteiger partial charge < -0.3 is 25.0 Å². The third-order valence-corrected chi connectivity index (χ3v) is 5.59. The van der Waals surface area contributed by atoms with Gasteiger partial charge in [-0.1, -0.05) is 6.92 Å². The minimum atomic E-state index is -0.973. The SMILES string of the molecule is CCC1C(=O)N(C)c2cnc(Nc3ccc(C(=O)O)c4c3OCC4)nc2N1C(C)C. The normalized spacial score (nSPS) is 17.6. The van der Waals surface area contributed by atoms with E-state index < -0.39 is 5.97 Å². The van der Waals surface area contributed by atoms with E-state index in [0.29, 0.717) is 53.9 Å². The fourth-order valence-electron chi connectivity index (χ4n) is 4.15. The molecular formula is C21H25N5O4. The number of anilines is 4. The van der Waals surface area contributed by atoms with Gasteiger partial charge in [0.2, 0.25) is 11.9 Å². The first-order valence-electron chi connectivity index (χ1n) is 10.0. The lowest BCUT2D eigenvalue weighted by Crippen LogP contribution is -2.54. The number of carbonyl (C=O) groups is 2. The molecule has 3 heterocycles. The number of aromatic nitrogens is 2. The zero-order valence-electron chi connectivity index (χ0n) is 17.5. The number of aromatic carboxylic acids is 1. The summed E-state index contributed by atoms with van der Waals surface area (Å²) in [6.07, 6.45) is 2.85. The van der Waals surface area contributed by atoms with E-state index >= 15 is 0 Å². The summed E-state index contributed by atoms with van der Waals surface area (Å²) in [5.74, 6) is 0.627. The minimum Gasteiger partial charge on any atom is -0.491 e. The molecule has 0 spiro atoms. The molecule has 2 aliphatic rings. The third kappa shape index (κ3) is 3.10. The lowest BCUT2D eigenvalue weighted by molar-refractivity contribution is -0.120. The standard InChI is InChI=1S/C21H25N5O4/c1-5-15-19(27)25(4)16-10-22-21(24-18(16)26(15)11(2)3)23-14-7-6-13(20(28)29)12-8-9-30-17(12)14/h6-7,10-11,15H,5,8-9H2,1-4H3,(H,28,29)(H,22,23,24). The van der Waals surface area contributed by atoms with Gasteiger partial charge in [0.05, 0.1) is 24.1 Å². The van der Waals surface area contributed by atoms with Crippen LogP contribution in [0.15, 0.2) is 18.3 Å². The van der Waals surface area contributed by atoms with Crippen LogP contribution in [0.1, 0.15) is 43.1 Å². The summed E-state index contributed by atoms with van der Waals surface area (Å²) in [4.78, 5) is 37.0. The summed E-state index contributed by atoms with van der Waals surface area (Å²) in [7, 11) is 1.74. The number of carboxylic acids is 1. The average molecular weight is 411 g/mol. The van der Waals surface area contributed by atoms with Crippen molar-refractivity contribution < 1.29 is 19.4 Å². The van der Waals surface area contributed by atoms with Gasteiger partial charge in [-0.05, 0) is 32.4 Å². The number of carbonyl (C=O) groups excluding carboxylic acids is 1. The molecule has 0 aliphatic carbocycles. The number of amides is 1. The first-order valence-corrected chi connectivity index (χ1v) is 10.0. The molecule has 0 fully saturated rings. The Kier molecular flexibility index (Phi) is 4.97. The predicted octanol–water partition coefficient (Wildman–Crippen LogP) is 2.82. The Morgan fingerprint density at radius 2 is 2.17 bits per heavy atom. The molecular weight excluding hydrogens is 386 g/mol. The van der Waals surface area contributed by atoms with Gasteiger partial charge in [-0.3, -0.25) is 4.79 Å². The molecule has 1 amide bonds. The first-order chi connectivity index (χ1) is 14.3. The molecule has 2 aromatic rings. The number of nitrogens with zero attached hydrogens (tertiary/aromatic N) is 4. The van der Waals surface area contributed by atoms with E-state index in [1.807, 2.05) is 25.7 Å². The van der Waals surface area contributed by atoms with Crippen LogP contribution in [0.25, 0.3) is 0 Å². The highest BCUT2D eigenvalue weighted by molar-refractivity contribution is 6.04. The van der Waals surface area contributed by atoms with Crippen molar-refractivity contribution in [3.8, 4) is 5.75 Å². The van der Waals surface area contributed by atoms with Crippen LogP contribution < -0.4 is 19.9 Å². The second kappa shape index (κ2) is 7.47. The van der Waals surface area contributed by atoms with Gasteiger partial charge in [0, 0.05) is 25.1 Å². The molecule has 9 heteroatoms. The molecule has 2 N–H and O–H groups in total. The highest BCUT2D eigenvalue weighted by Gasteiger charge is 2.38. The van der Waals surface area contributed by atoms with E-state index in [4.69, 9.17) is 9.72 Å². The lowest BCUT2D eigenvalue weighted by Gasteiger charge is -2.42. The molecule has 2 aliphatic heterocycles. The zero-order valence-corrected chi connectivity index (χ0v) is 17.5. The first kappa shape index (κ1) is 19.9. The molecule has 1 aromatic carbocycles. The fourth-order valence-corrected chi connectivity index (χ4v) is 4.15. The maximum absolute atomic E-state index is 12.8. The monoisotopic (exact) mass is 411 g/mol. The van der Waals surface area contributed by atoms with Crippen molar-refractivity contribution in [3.63, 3.8) is 0 Å². The van der Waals surface area contributed by atoms with Crippen LogP contribution in [0.5, 0.6) is 5.75 Å². The number of benzene rings is 1. The van der Waals surface area contributed by atoms with Gasteiger partial charge in [-0.2, -0.15) is 4.98 Å². The van der Waals surface area contributed by atoms with Crippen LogP contribution in [0, 0.1) is 0 Å². The zero-order chi connectivity index (χ0) is 21.6. The molecule has 1 aromatic heterocycles. The maximum atomic E-state index is 12.8. The molecule has 0 radical (unpaired) electrons. The predicted molar refractivity (Wildman–Crippen MR) is 113 cm³/mol. The molecule has 30 heavy (non-hydrogen) atoms. The Hall–Kier alpha value is -3.36. The molecule has 0 bridgehead atoms. The smallest absolute Gasteiger partial charge is 0.336 e. The molecule has 0 saturated carbocycles. The van der Waals surface area contributed by atoms with Gasteiger partial charge in [0.15, 0.2) is 5.82 Å². The van der Waals surface area contributed by atoms with E-state index in [1.54, 1.807) is 30.3 Å². The lowest BCUT2D eigenvalue weighted by atomic mass is 10.0. The Bertz CT molecular complexity index is 1020. The van der Waals surface area contributed by atoms with Crippen molar-refractivity contribution in [2.24, 2.45) is 0 Å². The Balaban J connectivity index is 1.74. The third-order valence-electron chi connectivity index (χ3n) is 5.59. The van der Waals surface area contributed by atoms with Gasteiger partial charge in [0.25, 0.3) is 0 Å². The van der Waals surface area contributed by atoms with Crippen LogP contribution in [0.3, 0.4) is 0 Å². The number of ether oxygens (including phenoxy) is 1. The quantitative estimate of drug-likeness (QED) is 0.773. The molecule has 9 nitrogen and oxygen atoms in total. The molecule has 158 valence electrons. The van der Waals surface area contributed by atoms with Crippen LogP contribution in [0.2, 0.25) is 0 Å². The Morgan fingerprint density at radius 1 is 1.40 bits per heavy atom. The van der Waals surface area contributed by atoms with Crippen molar-refractivity contribution >= 4 is 35.0 Å². The highest BCUT2D eigenvalue weighted by Crippen LogP contribution is 2.39. The van der Waals surface area contributed by atoms with Gasteiger partial charge in [-0.25, -0.2) is 9.78 Å². The number of rotatable bonds is 5. The highest BCUT2D eigenvalue weighted by atomic mass is 16.5. The number of hydrogen-bond acceptors (Lipinski definition) is 7. The molecule has 1 unspecified atom stereocenters. The van der Waals surface area contributed by atoms with Crippen molar-refractivity contribution in [2.75, 3.05) is 28.8 Å². The minimum absolute atomic E-state index is 0.0264. The van der Waals surface area contributed by atoms with Gasteiger partial charge >= 0.3 is 5.97 Å². The summed E-state index contributed by atoms with van der Waals surface area (Å²) in [5.41, 5.74) is 2.20. The van der Waals surface area contributed by atoms with Crippen LogP contribution >= 0.6 is 0 Å². The van der Waals surface area contributed by atoms with E-state index in [0.717, 1.165) is 0 Å². The van der Waals surface area contributed by atoms with E-state index in [-0.39, 0.29) is 23.6 Å². The molecule has 1 atom stereocenters. The summed E-state index contributed by atoms with van der Waals surface area (Å²) < 4.78 is 5.69. The van der Waals surface area contributed by atoms with Crippen molar-refractivity contribution in [3.05, 3.63) is 29.5 Å². The largest absolute Gasteiger partial charge is 0.491 e. The van der Waals surface area contributed by atoms with Gasteiger partial charge in [-0.15, -0.1) is 0 Å². The van der Waals surface area contributed by atoms with Gasteiger partial charge in [0.1, 0.15) is 17.5 Å². The summed E-state index contributed by atoms with van der Waals surface area (Å²) in [5, 5.41) is 12.6. The molecule has 4 rings (SSSR count). The topological polar surface area (TPSA) is 108 Å². The van der Waals surface area contributed by atoms with E-state index in [9.17, 15) is 14.7 Å². The summed E-state index contributed by atoms with van der Waals surface area (Å²) in [6.45, 7) is 6.49. The maximum Gasteiger partial charge on any atom is 0.336 e. The Labute approximate surface area is 174 Å². The number of carboxylic acid groups (broad SMARTS) is 1. The fraction of sp³-hybridized carbons (Fsp3) is 0.429. The van der Waals surface area contributed by atoms with E-state index in [1.165, 1.54) is 0 Å². The van der Waals surface area contributed by atoms with Crippen molar-refractivity contribution in [1.82, 2.24) is 9.97 Å². The number of hydrogen-bond donors (Lipinski definition) is 2. The van der Waals surface area contributed by atoms with Crippen LogP contribution in [-0.2, 0) is 11.2 Å². The summed E-state index contributed by atoms with van der Waals surface area (Å²) >= 11 is 0. The van der Waals surface area contributed by atoms with E-state index in [2.05, 4.69) is 10.3 Å². The second-order valence-corrected chi connectivity index (χ2v) is 7.72. The van der Waals surface area contributed by atoms with Crippen molar-refractivity contribution in [1.29, 1.82) is 0 Å². The van der Waals surface area contributed by atoms with Crippen LogP contribution in [0.4, 0.5) is 23.1 Å². The Morgan fingerprint density at radius 3 is 2.83 bits per heavy atom. The molecule has 0 saturated heterocycles. The average Bonchev–Trinajstić information content (AvgIpc) is 3.20.